The molecule has 1 nitrogen and oxygen atoms in total. The first-order valence-electron chi connectivity index (χ1n) is 7.20. The van der Waals surface area contributed by atoms with E-state index in [0.717, 1.165) is 22.7 Å². The van der Waals surface area contributed by atoms with E-state index in [4.69, 9.17) is 4.43 Å². The summed E-state index contributed by atoms with van der Waals surface area (Å²) in [7, 11) is 0.820. The van der Waals surface area contributed by atoms with Crippen LogP contribution in [0.3, 0.4) is 0 Å². The Bertz CT molecular complexity index is 454. The van der Waals surface area contributed by atoms with E-state index in [1.54, 1.807) is 24.2 Å². The second kappa shape index (κ2) is 14.8. The summed E-state index contributed by atoms with van der Waals surface area (Å²) in [5.41, 5.74) is 3.02. The average molecular weight is 437 g/mol. The quantitative estimate of drug-likeness (QED) is 0.480. The van der Waals surface area contributed by atoms with Crippen LogP contribution in [0.5, 0.6) is 5.75 Å². The molecule has 122 valence electrons. The van der Waals surface area contributed by atoms with Crippen LogP contribution in [0.2, 0.25) is 0 Å². The van der Waals surface area contributed by atoms with Crippen molar-refractivity contribution in [1.29, 1.82) is 0 Å². The van der Waals surface area contributed by atoms with Crippen molar-refractivity contribution in [2.45, 2.75) is 46.0 Å². The Balaban J connectivity index is 0. The van der Waals surface area contributed by atoms with Crippen molar-refractivity contribution in [3.05, 3.63) is 47.6 Å². The van der Waals surface area contributed by atoms with Gasteiger partial charge in [0.2, 0.25) is 0 Å². The van der Waals surface area contributed by atoms with Crippen LogP contribution >= 0.6 is 24.8 Å². The maximum absolute atomic E-state index is 5.39. The van der Waals surface area contributed by atoms with Crippen LogP contribution in [0, 0.1) is 6.08 Å². The molecule has 0 heterocycles. The Morgan fingerprint density at radius 2 is 1.91 bits per heavy atom. The van der Waals surface area contributed by atoms with Crippen molar-refractivity contribution in [2.75, 3.05) is 0 Å². The molecule has 0 fully saturated rings. The molecule has 22 heavy (non-hydrogen) atoms. The first kappa shape index (κ1) is 24.4. The number of aryl methyl sites for hydroxylation is 1. The zero-order valence-corrected chi connectivity index (χ0v) is 19.7. The van der Waals surface area contributed by atoms with Crippen molar-refractivity contribution in [3.8, 4) is 5.75 Å². The standard InChI is InChI=1S/C9H13OSi.C5H5.C3H6.2ClH.Zr/c11-10-9-6-5-7-3-1-2-4-8(7)9;1-2-4-5-3-1;1-3-2;;;/h5-6H,1-4H2,11H3;1-3H,4H2;1-2H3;2*1H;/q2*-1;;;;+2. The van der Waals surface area contributed by atoms with Crippen molar-refractivity contribution < 1.29 is 28.7 Å². The van der Waals surface area contributed by atoms with Gasteiger partial charge in [-0.1, -0.05) is 19.3 Å². The van der Waals surface area contributed by atoms with Gasteiger partial charge in [-0.05, 0) is 12.2 Å². The molecule has 0 saturated heterocycles. The van der Waals surface area contributed by atoms with Gasteiger partial charge in [0.15, 0.2) is 10.5 Å². The monoisotopic (exact) mass is 434 g/mol. The van der Waals surface area contributed by atoms with Gasteiger partial charge in [0.25, 0.3) is 0 Å². The number of allylic oxidation sites excluding steroid dienone is 4. The van der Waals surface area contributed by atoms with Crippen molar-refractivity contribution >= 4 is 38.5 Å². The molecule has 0 saturated carbocycles. The van der Waals surface area contributed by atoms with Crippen LogP contribution in [0.4, 0.5) is 0 Å². The summed E-state index contributed by atoms with van der Waals surface area (Å²) in [6.45, 7) is 4.25. The second-order valence-electron chi connectivity index (χ2n) is 5.12. The van der Waals surface area contributed by atoms with E-state index >= 15 is 0 Å². The van der Waals surface area contributed by atoms with Gasteiger partial charge in [-0.3, -0.25) is 6.08 Å². The zero-order chi connectivity index (χ0) is 14.8. The Kier molecular flexibility index (Phi) is 16.4. The Hall–Kier alpha value is 0.180. The Morgan fingerprint density at radius 1 is 1.27 bits per heavy atom. The molecule has 0 spiro atoms. The van der Waals surface area contributed by atoms with Gasteiger partial charge in [-0.25, -0.2) is 18.2 Å². The molecule has 0 bridgehead atoms. The minimum absolute atomic E-state index is 0. The van der Waals surface area contributed by atoms with E-state index in [-0.39, 0.29) is 24.8 Å². The van der Waals surface area contributed by atoms with E-state index in [0.29, 0.717) is 0 Å². The van der Waals surface area contributed by atoms with Gasteiger partial charge in [0.05, 0.1) is 0 Å². The first-order chi connectivity index (χ1) is 9.65. The predicted octanol–water partition coefficient (Wildman–Crippen LogP) is 3.84. The van der Waals surface area contributed by atoms with Crippen LogP contribution in [-0.2, 0) is 37.1 Å². The smallest absolute Gasteiger partial charge is 0.185 e. The summed E-state index contributed by atoms with van der Waals surface area (Å²) >= 11 is 1.55. The molecule has 0 N–H and O–H groups in total. The molecular formula is C17H26Cl2OSiZr. The van der Waals surface area contributed by atoms with Crippen LogP contribution in [0.1, 0.15) is 44.2 Å². The predicted molar refractivity (Wildman–Crippen MR) is 102 cm³/mol. The van der Waals surface area contributed by atoms with E-state index < -0.39 is 0 Å². The van der Waals surface area contributed by atoms with Gasteiger partial charge in [0, 0.05) is 0 Å². The summed E-state index contributed by atoms with van der Waals surface area (Å²) in [6, 6.07) is 4.35. The van der Waals surface area contributed by atoms with Crippen LogP contribution < -0.4 is 4.43 Å². The molecule has 0 aliphatic heterocycles. The van der Waals surface area contributed by atoms with E-state index in [1.165, 1.54) is 40.0 Å². The van der Waals surface area contributed by atoms with Gasteiger partial charge in [0.1, 0.15) is 0 Å². The Labute approximate surface area is 165 Å². The maximum atomic E-state index is 5.39. The largest absolute Gasteiger partial charge is 0.609 e. The molecule has 0 unspecified atom stereocenters. The summed E-state index contributed by atoms with van der Waals surface area (Å²) in [4.78, 5) is 0. The zero-order valence-electron chi connectivity index (χ0n) is 13.6. The SMILES string of the molecule is C[C](C)=[Zr+2].Cl.Cl.[C-]1=CC=CC1.[SiH3]O[c-]1ccc2c1CCCC2. The summed E-state index contributed by atoms with van der Waals surface area (Å²) in [6.07, 6.45) is 15.2. The first-order valence-corrected chi connectivity index (χ1v) is 9.24. The molecule has 1 aromatic rings. The van der Waals surface area contributed by atoms with Crippen LogP contribution in [-0.4, -0.2) is 13.7 Å². The van der Waals surface area contributed by atoms with Gasteiger partial charge >= 0.3 is 41.3 Å². The van der Waals surface area contributed by atoms with Crippen LogP contribution in [0.15, 0.2) is 30.4 Å². The topological polar surface area (TPSA) is 9.23 Å². The minimum atomic E-state index is 0. The summed E-state index contributed by atoms with van der Waals surface area (Å²) in [5.74, 6) is 1.16. The van der Waals surface area contributed by atoms with Gasteiger partial charge < -0.3 is 4.43 Å². The number of rotatable bonds is 1. The molecular weight excluding hydrogens is 410 g/mol. The van der Waals surface area contributed by atoms with Gasteiger partial charge in [-0.2, -0.15) is 11.6 Å². The van der Waals surface area contributed by atoms with E-state index in [1.807, 2.05) is 12.2 Å². The maximum Gasteiger partial charge on any atom is 0.185 e. The molecule has 3 rings (SSSR count). The van der Waals surface area contributed by atoms with Crippen LogP contribution in [0.25, 0.3) is 0 Å². The molecule has 0 radical (unpaired) electrons. The molecule has 2 aliphatic rings. The molecule has 0 amide bonds. The summed E-state index contributed by atoms with van der Waals surface area (Å²) in [5, 5.41) is 0. The molecule has 0 aromatic heterocycles. The minimum Gasteiger partial charge on any atom is -0.609 e. The third-order valence-electron chi connectivity index (χ3n) is 3.05. The van der Waals surface area contributed by atoms with Crippen molar-refractivity contribution in [3.63, 3.8) is 0 Å². The molecule has 5 heteroatoms. The average Bonchev–Trinajstić information content (AvgIpc) is 3.11. The van der Waals surface area contributed by atoms with E-state index in [2.05, 4.69) is 38.1 Å². The fourth-order valence-electron chi connectivity index (χ4n) is 2.20. The number of hydrogen-bond acceptors (Lipinski definition) is 1. The fraction of sp³-hybridized carbons (Fsp3) is 0.412. The second-order valence-corrected chi connectivity index (χ2v) is 7.98. The number of fused-ring (bicyclic) bond motifs is 1. The van der Waals surface area contributed by atoms with E-state index in [9.17, 15) is 0 Å². The third-order valence-corrected chi connectivity index (χ3v) is 3.49. The van der Waals surface area contributed by atoms with Crippen molar-refractivity contribution in [1.82, 2.24) is 0 Å². The normalized spacial score (nSPS) is 13.5. The Morgan fingerprint density at radius 3 is 2.36 bits per heavy atom. The van der Waals surface area contributed by atoms with Gasteiger partial charge in [-0.15, -0.1) is 42.9 Å². The fourth-order valence-corrected chi connectivity index (χ4v) is 2.58. The number of hydrogen-bond donors (Lipinski definition) is 0. The summed E-state index contributed by atoms with van der Waals surface area (Å²) < 4.78 is 6.90. The molecule has 1 aromatic carbocycles. The molecule has 2 aliphatic carbocycles. The third kappa shape index (κ3) is 10.0. The number of halogens is 2. The molecule has 0 atom stereocenters. The van der Waals surface area contributed by atoms with Crippen molar-refractivity contribution in [2.24, 2.45) is 0 Å².